The molecule has 1 aliphatic rings. The van der Waals surface area contributed by atoms with E-state index in [1.54, 1.807) is 11.3 Å². The number of ether oxygens (including phenoxy) is 1. The highest BCUT2D eigenvalue weighted by Gasteiger charge is 2.40. The number of hydrogen-bond donors (Lipinski definition) is 0. The van der Waals surface area contributed by atoms with Crippen LogP contribution in [0.1, 0.15) is 19.0 Å². The standard InChI is InChI=1S/C10H14BrNOS/c1-8-10(6-11,2-3-13-8)4-9-5-14-7-12-9/h5,7-8H,2-4,6H2,1H3. The van der Waals surface area contributed by atoms with Crippen LogP contribution in [0.25, 0.3) is 0 Å². The van der Waals surface area contributed by atoms with E-state index >= 15 is 0 Å². The topological polar surface area (TPSA) is 22.1 Å². The van der Waals surface area contributed by atoms with Crippen molar-refractivity contribution >= 4 is 27.3 Å². The van der Waals surface area contributed by atoms with Gasteiger partial charge < -0.3 is 4.74 Å². The maximum atomic E-state index is 5.65. The molecule has 1 aromatic rings. The number of thiazole rings is 1. The lowest BCUT2D eigenvalue weighted by Gasteiger charge is -2.29. The fraction of sp³-hybridized carbons (Fsp3) is 0.700. The van der Waals surface area contributed by atoms with Crippen LogP contribution in [-0.4, -0.2) is 23.0 Å². The van der Waals surface area contributed by atoms with Crippen LogP contribution in [0.5, 0.6) is 0 Å². The zero-order chi connectivity index (χ0) is 10.0. The van der Waals surface area contributed by atoms with Crippen molar-refractivity contribution in [2.75, 3.05) is 11.9 Å². The number of halogens is 1. The molecule has 1 aliphatic heterocycles. The van der Waals surface area contributed by atoms with Crippen molar-refractivity contribution in [2.45, 2.75) is 25.9 Å². The smallest absolute Gasteiger partial charge is 0.0794 e. The summed E-state index contributed by atoms with van der Waals surface area (Å²) in [6.07, 6.45) is 2.50. The average Bonchev–Trinajstić information content (AvgIpc) is 2.79. The minimum atomic E-state index is 0.258. The SMILES string of the molecule is CC1OCCC1(CBr)Cc1cscn1. The lowest BCUT2D eigenvalue weighted by Crippen LogP contribution is -2.33. The Morgan fingerprint density at radius 3 is 3.14 bits per heavy atom. The van der Waals surface area contributed by atoms with Crippen molar-refractivity contribution in [3.8, 4) is 0 Å². The van der Waals surface area contributed by atoms with Gasteiger partial charge in [0, 0.05) is 22.7 Å². The largest absolute Gasteiger partial charge is 0.378 e. The molecular formula is C10H14BrNOS. The first-order valence-electron chi connectivity index (χ1n) is 4.81. The molecule has 2 rings (SSSR count). The second-order valence-corrected chi connectivity index (χ2v) is 5.19. The molecule has 4 heteroatoms. The zero-order valence-corrected chi connectivity index (χ0v) is 10.6. The molecule has 1 aromatic heterocycles. The predicted molar refractivity (Wildman–Crippen MR) is 62.1 cm³/mol. The van der Waals surface area contributed by atoms with E-state index in [0.29, 0.717) is 6.10 Å². The Bertz CT molecular complexity index is 290. The van der Waals surface area contributed by atoms with Crippen molar-refractivity contribution in [2.24, 2.45) is 5.41 Å². The second-order valence-electron chi connectivity index (χ2n) is 3.92. The molecule has 0 N–H and O–H groups in total. The summed E-state index contributed by atoms with van der Waals surface area (Å²) >= 11 is 5.28. The monoisotopic (exact) mass is 275 g/mol. The van der Waals surface area contributed by atoms with Crippen LogP contribution < -0.4 is 0 Å². The van der Waals surface area contributed by atoms with Crippen molar-refractivity contribution < 1.29 is 4.74 Å². The van der Waals surface area contributed by atoms with Gasteiger partial charge in [0.1, 0.15) is 0 Å². The van der Waals surface area contributed by atoms with Gasteiger partial charge in [-0.1, -0.05) is 15.9 Å². The van der Waals surface area contributed by atoms with Gasteiger partial charge in [0.25, 0.3) is 0 Å². The van der Waals surface area contributed by atoms with E-state index in [4.69, 9.17) is 4.74 Å². The molecule has 1 fully saturated rings. The summed E-state index contributed by atoms with van der Waals surface area (Å²) in [6, 6.07) is 0. The van der Waals surface area contributed by atoms with Crippen molar-refractivity contribution in [3.05, 3.63) is 16.6 Å². The molecule has 0 saturated carbocycles. The van der Waals surface area contributed by atoms with Gasteiger partial charge in [0.05, 0.1) is 17.3 Å². The number of aromatic nitrogens is 1. The van der Waals surface area contributed by atoms with Gasteiger partial charge in [-0.25, -0.2) is 4.98 Å². The van der Waals surface area contributed by atoms with Gasteiger partial charge in [-0.2, -0.15) is 0 Å². The van der Waals surface area contributed by atoms with Crippen molar-refractivity contribution in [3.63, 3.8) is 0 Å². The van der Waals surface area contributed by atoms with E-state index in [9.17, 15) is 0 Å². The Hall–Kier alpha value is 0.0700. The Morgan fingerprint density at radius 1 is 1.79 bits per heavy atom. The summed E-state index contributed by atoms with van der Waals surface area (Å²) in [5.41, 5.74) is 3.36. The maximum absolute atomic E-state index is 5.65. The molecule has 2 atom stereocenters. The van der Waals surface area contributed by atoms with E-state index in [-0.39, 0.29) is 5.41 Å². The van der Waals surface area contributed by atoms with Gasteiger partial charge in [-0.05, 0) is 19.8 Å². The zero-order valence-electron chi connectivity index (χ0n) is 8.20. The first-order valence-corrected chi connectivity index (χ1v) is 6.88. The molecule has 2 unspecified atom stereocenters. The summed E-state index contributed by atoms with van der Waals surface area (Å²) in [7, 11) is 0. The summed E-state index contributed by atoms with van der Waals surface area (Å²) < 4.78 is 5.65. The van der Waals surface area contributed by atoms with Crippen LogP contribution in [0.4, 0.5) is 0 Å². The summed E-state index contributed by atoms with van der Waals surface area (Å²) in [5, 5.41) is 3.13. The third-order valence-electron chi connectivity index (χ3n) is 3.11. The van der Waals surface area contributed by atoms with E-state index in [1.807, 2.05) is 5.51 Å². The minimum Gasteiger partial charge on any atom is -0.378 e. The first kappa shape index (κ1) is 10.6. The number of hydrogen-bond acceptors (Lipinski definition) is 3. The summed E-state index contributed by atoms with van der Waals surface area (Å²) in [5.74, 6) is 0. The van der Waals surface area contributed by atoms with Gasteiger partial charge in [0.15, 0.2) is 0 Å². The molecular weight excluding hydrogens is 262 g/mol. The Morgan fingerprint density at radius 2 is 2.64 bits per heavy atom. The maximum Gasteiger partial charge on any atom is 0.0794 e. The van der Waals surface area contributed by atoms with Crippen molar-refractivity contribution in [1.29, 1.82) is 0 Å². The molecule has 1 saturated heterocycles. The van der Waals surface area contributed by atoms with Crippen LogP contribution in [0.2, 0.25) is 0 Å². The summed E-state index contributed by atoms with van der Waals surface area (Å²) in [6.45, 7) is 3.05. The van der Waals surface area contributed by atoms with Gasteiger partial charge in [-0.3, -0.25) is 0 Å². The molecule has 0 bridgehead atoms. The van der Waals surface area contributed by atoms with Crippen LogP contribution in [0.15, 0.2) is 10.9 Å². The molecule has 2 heterocycles. The lowest BCUT2D eigenvalue weighted by atomic mass is 9.80. The van der Waals surface area contributed by atoms with Crippen LogP contribution in [-0.2, 0) is 11.2 Å². The third kappa shape index (κ3) is 1.88. The molecule has 14 heavy (non-hydrogen) atoms. The van der Waals surface area contributed by atoms with Crippen LogP contribution in [0.3, 0.4) is 0 Å². The second kappa shape index (κ2) is 4.29. The van der Waals surface area contributed by atoms with E-state index in [2.05, 4.69) is 33.2 Å². The van der Waals surface area contributed by atoms with E-state index in [0.717, 1.165) is 24.8 Å². The number of rotatable bonds is 3. The molecule has 2 nitrogen and oxygen atoms in total. The highest BCUT2D eigenvalue weighted by Crippen LogP contribution is 2.39. The molecule has 0 amide bonds. The van der Waals surface area contributed by atoms with Gasteiger partial charge in [0.2, 0.25) is 0 Å². The first-order chi connectivity index (χ1) is 6.77. The lowest BCUT2D eigenvalue weighted by molar-refractivity contribution is 0.0743. The van der Waals surface area contributed by atoms with E-state index < -0.39 is 0 Å². The van der Waals surface area contributed by atoms with Crippen LogP contribution in [0, 0.1) is 5.41 Å². The highest BCUT2D eigenvalue weighted by atomic mass is 79.9. The Balaban J connectivity index is 2.13. The fourth-order valence-electron chi connectivity index (χ4n) is 1.96. The van der Waals surface area contributed by atoms with Gasteiger partial charge >= 0.3 is 0 Å². The number of nitrogens with zero attached hydrogens (tertiary/aromatic N) is 1. The summed E-state index contributed by atoms with van der Waals surface area (Å²) in [4.78, 5) is 4.35. The normalized spacial score (nSPS) is 32.3. The molecule has 0 spiro atoms. The average molecular weight is 276 g/mol. The quantitative estimate of drug-likeness (QED) is 0.792. The molecule has 0 radical (unpaired) electrons. The molecule has 0 aromatic carbocycles. The Labute approximate surface area is 96.8 Å². The molecule has 0 aliphatic carbocycles. The molecule has 78 valence electrons. The van der Waals surface area contributed by atoms with Gasteiger partial charge in [-0.15, -0.1) is 11.3 Å². The highest BCUT2D eigenvalue weighted by molar-refractivity contribution is 9.09. The predicted octanol–water partition coefficient (Wildman–Crippen LogP) is 2.88. The van der Waals surface area contributed by atoms with E-state index in [1.165, 1.54) is 5.69 Å². The Kier molecular flexibility index (Phi) is 3.24. The number of alkyl halides is 1. The van der Waals surface area contributed by atoms with Crippen molar-refractivity contribution in [1.82, 2.24) is 4.98 Å². The fourth-order valence-corrected chi connectivity index (χ4v) is 3.45. The third-order valence-corrected chi connectivity index (χ3v) is 4.86. The van der Waals surface area contributed by atoms with Crippen LogP contribution >= 0.6 is 27.3 Å². The minimum absolute atomic E-state index is 0.258.